The van der Waals surface area contributed by atoms with E-state index in [-0.39, 0.29) is 5.91 Å². The number of piperazine rings is 1. The van der Waals surface area contributed by atoms with Crippen LogP contribution in [0.2, 0.25) is 0 Å². The third kappa shape index (κ3) is 3.96. The number of carbonyl (C=O) groups is 1. The van der Waals surface area contributed by atoms with Crippen molar-refractivity contribution >= 4 is 5.91 Å². The molecule has 0 bridgehead atoms. The van der Waals surface area contributed by atoms with Crippen LogP contribution in [-0.4, -0.2) is 49.6 Å². The molecule has 2 N–H and O–H groups in total. The Bertz CT molecular complexity index is 251. The molecule has 1 aliphatic carbocycles. The fraction of sp³-hybridized carbons (Fsp3) is 0.923. The molecule has 4 heteroatoms. The van der Waals surface area contributed by atoms with E-state index in [0.717, 1.165) is 32.6 Å². The lowest BCUT2D eigenvalue weighted by Gasteiger charge is -2.31. The van der Waals surface area contributed by atoms with Gasteiger partial charge in [0.1, 0.15) is 0 Å². The second-order valence-corrected chi connectivity index (χ2v) is 5.46. The number of rotatable bonds is 3. The molecular weight excluding hydrogens is 214 g/mol. The highest BCUT2D eigenvalue weighted by molar-refractivity contribution is 5.78. The molecule has 2 fully saturated rings. The maximum absolute atomic E-state index is 12.0. The zero-order chi connectivity index (χ0) is 12.1. The number of nitrogens with zero attached hydrogens (tertiary/aromatic N) is 1. The average Bonchev–Trinajstić information content (AvgIpc) is 2.33. The van der Waals surface area contributed by atoms with Crippen LogP contribution in [0.3, 0.4) is 0 Å². The summed E-state index contributed by atoms with van der Waals surface area (Å²) >= 11 is 0. The normalized spacial score (nSPS) is 31.1. The number of hydrogen-bond acceptors (Lipinski definition) is 3. The standard InChI is InChI=1S/C13H25N3O/c1-11-4-2-3-5-12(11)15-13(17)10-16-8-6-14-7-9-16/h11-12,14H,2-10H2,1H3,(H,15,17)/t11-,12-/m0/s1. The molecule has 1 saturated heterocycles. The molecule has 0 radical (unpaired) electrons. The maximum atomic E-state index is 12.0. The van der Waals surface area contributed by atoms with E-state index in [9.17, 15) is 4.79 Å². The van der Waals surface area contributed by atoms with Crippen molar-refractivity contribution in [2.45, 2.75) is 38.6 Å². The van der Waals surface area contributed by atoms with Crippen LogP contribution in [0.15, 0.2) is 0 Å². The number of hydrogen-bond donors (Lipinski definition) is 2. The van der Waals surface area contributed by atoms with Crippen LogP contribution in [0.4, 0.5) is 0 Å². The Morgan fingerprint density at radius 3 is 2.71 bits per heavy atom. The van der Waals surface area contributed by atoms with Crippen LogP contribution in [0.25, 0.3) is 0 Å². The first-order chi connectivity index (χ1) is 8.25. The summed E-state index contributed by atoms with van der Waals surface area (Å²) in [6.07, 6.45) is 5.02. The molecule has 0 aromatic carbocycles. The van der Waals surface area contributed by atoms with Gasteiger partial charge in [-0.3, -0.25) is 9.69 Å². The minimum absolute atomic E-state index is 0.214. The summed E-state index contributed by atoms with van der Waals surface area (Å²) < 4.78 is 0. The predicted octanol–water partition coefficient (Wildman–Crippen LogP) is 0.587. The van der Waals surface area contributed by atoms with Gasteiger partial charge in [-0.15, -0.1) is 0 Å². The molecule has 4 nitrogen and oxygen atoms in total. The van der Waals surface area contributed by atoms with Gasteiger partial charge < -0.3 is 10.6 Å². The van der Waals surface area contributed by atoms with Crippen molar-refractivity contribution in [2.24, 2.45) is 5.92 Å². The van der Waals surface area contributed by atoms with E-state index in [2.05, 4.69) is 22.5 Å². The minimum atomic E-state index is 0.214. The molecule has 1 aliphatic heterocycles. The van der Waals surface area contributed by atoms with Crippen molar-refractivity contribution in [2.75, 3.05) is 32.7 Å². The largest absolute Gasteiger partial charge is 0.352 e. The lowest BCUT2D eigenvalue weighted by atomic mass is 9.86. The molecule has 2 rings (SSSR count). The highest BCUT2D eigenvalue weighted by atomic mass is 16.2. The Hall–Kier alpha value is -0.610. The van der Waals surface area contributed by atoms with Gasteiger partial charge in [0, 0.05) is 32.2 Å². The molecule has 17 heavy (non-hydrogen) atoms. The molecule has 0 aromatic heterocycles. The molecule has 1 heterocycles. The number of carbonyl (C=O) groups excluding carboxylic acids is 1. The average molecular weight is 239 g/mol. The van der Waals surface area contributed by atoms with E-state index in [0.29, 0.717) is 18.5 Å². The van der Waals surface area contributed by atoms with Gasteiger partial charge in [0.2, 0.25) is 5.91 Å². The highest BCUT2D eigenvalue weighted by Gasteiger charge is 2.23. The minimum Gasteiger partial charge on any atom is -0.352 e. The summed E-state index contributed by atoms with van der Waals surface area (Å²) in [4.78, 5) is 14.2. The molecule has 0 spiro atoms. The monoisotopic (exact) mass is 239 g/mol. The first-order valence-corrected chi connectivity index (χ1v) is 6.98. The zero-order valence-corrected chi connectivity index (χ0v) is 10.9. The van der Waals surface area contributed by atoms with E-state index >= 15 is 0 Å². The zero-order valence-electron chi connectivity index (χ0n) is 10.9. The summed E-state index contributed by atoms with van der Waals surface area (Å²) in [5, 5.41) is 6.52. The third-order valence-corrected chi connectivity index (χ3v) is 4.03. The first kappa shape index (κ1) is 12.8. The Morgan fingerprint density at radius 2 is 2.00 bits per heavy atom. The molecule has 1 amide bonds. The summed E-state index contributed by atoms with van der Waals surface area (Å²) in [5.41, 5.74) is 0. The maximum Gasteiger partial charge on any atom is 0.234 e. The number of nitrogens with one attached hydrogen (secondary N) is 2. The topological polar surface area (TPSA) is 44.4 Å². The summed E-state index contributed by atoms with van der Waals surface area (Å²) in [5.74, 6) is 0.862. The van der Waals surface area contributed by atoms with E-state index < -0.39 is 0 Å². The number of amides is 1. The van der Waals surface area contributed by atoms with E-state index in [1.165, 1.54) is 19.3 Å². The Morgan fingerprint density at radius 1 is 1.29 bits per heavy atom. The van der Waals surface area contributed by atoms with Crippen LogP contribution in [0.5, 0.6) is 0 Å². The van der Waals surface area contributed by atoms with Gasteiger partial charge in [-0.25, -0.2) is 0 Å². The quantitative estimate of drug-likeness (QED) is 0.757. The molecule has 1 saturated carbocycles. The van der Waals surface area contributed by atoms with E-state index in [4.69, 9.17) is 0 Å². The summed E-state index contributed by atoms with van der Waals surface area (Å²) in [7, 11) is 0. The molecule has 0 unspecified atom stereocenters. The van der Waals surface area contributed by atoms with Crippen LogP contribution in [0.1, 0.15) is 32.6 Å². The lowest BCUT2D eigenvalue weighted by molar-refractivity contribution is -0.123. The van der Waals surface area contributed by atoms with Crippen LogP contribution >= 0.6 is 0 Å². The smallest absolute Gasteiger partial charge is 0.234 e. The van der Waals surface area contributed by atoms with Crippen LogP contribution in [0, 0.1) is 5.92 Å². The highest BCUT2D eigenvalue weighted by Crippen LogP contribution is 2.23. The van der Waals surface area contributed by atoms with Gasteiger partial charge in [0.25, 0.3) is 0 Å². The van der Waals surface area contributed by atoms with Crippen molar-refractivity contribution in [3.05, 3.63) is 0 Å². The third-order valence-electron chi connectivity index (χ3n) is 4.03. The van der Waals surface area contributed by atoms with Gasteiger partial charge >= 0.3 is 0 Å². The van der Waals surface area contributed by atoms with E-state index in [1.807, 2.05) is 0 Å². The van der Waals surface area contributed by atoms with Crippen LogP contribution in [-0.2, 0) is 4.79 Å². The van der Waals surface area contributed by atoms with Crippen molar-refractivity contribution in [1.29, 1.82) is 0 Å². The van der Waals surface area contributed by atoms with Gasteiger partial charge in [-0.2, -0.15) is 0 Å². The molecular formula is C13H25N3O. The Balaban J connectivity index is 1.72. The summed E-state index contributed by atoms with van der Waals surface area (Å²) in [6.45, 7) is 6.83. The summed E-state index contributed by atoms with van der Waals surface area (Å²) in [6, 6.07) is 0.416. The fourth-order valence-electron chi connectivity index (χ4n) is 2.86. The molecule has 2 atom stereocenters. The van der Waals surface area contributed by atoms with Gasteiger partial charge in [-0.1, -0.05) is 19.8 Å². The second kappa shape index (κ2) is 6.36. The molecule has 98 valence electrons. The lowest BCUT2D eigenvalue weighted by Crippen LogP contribution is -2.50. The van der Waals surface area contributed by atoms with Gasteiger partial charge in [-0.05, 0) is 18.8 Å². The van der Waals surface area contributed by atoms with Crippen molar-refractivity contribution in [1.82, 2.24) is 15.5 Å². The Labute approximate surface area is 104 Å². The Kier molecular flexibility index (Phi) is 4.80. The van der Waals surface area contributed by atoms with Crippen molar-refractivity contribution in [3.63, 3.8) is 0 Å². The fourth-order valence-corrected chi connectivity index (χ4v) is 2.86. The molecule has 0 aromatic rings. The second-order valence-electron chi connectivity index (χ2n) is 5.46. The van der Waals surface area contributed by atoms with Gasteiger partial charge in [0.15, 0.2) is 0 Å². The SMILES string of the molecule is C[C@H]1CCCC[C@@H]1NC(=O)CN1CCNCC1. The van der Waals surface area contributed by atoms with Gasteiger partial charge in [0.05, 0.1) is 6.54 Å². The predicted molar refractivity (Wildman–Crippen MR) is 68.9 cm³/mol. The van der Waals surface area contributed by atoms with Crippen molar-refractivity contribution in [3.8, 4) is 0 Å². The van der Waals surface area contributed by atoms with Crippen LogP contribution < -0.4 is 10.6 Å². The van der Waals surface area contributed by atoms with Crippen molar-refractivity contribution < 1.29 is 4.79 Å². The van der Waals surface area contributed by atoms with E-state index in [1.54, 1.807) is 0 Å². The molecule has 2 aliphatic rings. The first-order valence-electron chi connectivity index (χ1n) is 6.98.